The lowest BCUT2D eigenvalue weighted by Crippen LogP contribution is -2.46. The van der Waals surface area contributed by atoms with Crippen LogP contribution in [-0.2, 0) is 4.74 Å². The van der Waals surface area contributed by atoms with Crippen LogP contribution in [0, 0.1) is 0 Å². The summed E-state index contributed by atoms with van der Waals surface area (Å²) in [5.41, 5.74) is 1.22. The van der Waals surface area contributed by atoms with Crippen LogP contribution in [0.1, 0.15) is 18.5 Å². The molecular weight excluding hydrogens is 218 g/mol. The van der Waals surface area contributed by atoms with E-state index in [-0.39, 0.29) is 0 Å². The molecule has 1 atom stereocenters. The fourth-order valence-corrected chi connectivity index (χ4v) is 2.11. The number of ether oxygens (including phenoxy) is 3. The lowest BCUT2D eigenvalue weighted by atomic mass is 10.1. The van der Waals surface area contributed by atoms with Gasteiger partial charge in [0.1, 0.15) is 13.2 Å². The first-order valence-corrected chi connectivity index (χ1v) is 6.06. The van der Waals surface area contributed by atoms with E-state index in [1.165, 1.54) is 5.56 Å². The lowest BCUT2D eigenvalue weighted by molar-refractivity contribution is -0.00927. The van der Waals surface area contributed by atoms with E-state index in [1.54, 1.807) is 0 Å². The molecule has 1 N–H and O–H groups in total. The standard InChI is InChI=1S/C13H17NO3/c1-9(14-11-7-15-8-11)10-2-3-12-13(6-10)17-5-4-16-12/h2-3,6,9,11,14H,4-5,7-8H2,1H3. The molecule has 0 radical (unpaired) electrons. The summed E-state index contributed by atoms with van der Waals surface area (Å²) in [6, 6.07) is 6.92. The van der Waals surface area contributed by atoms with Gasteiger partial charge in [-0.1, -0.05) is 6.07 Å². The van der Waals surface area contributed by atoms with E-state index in [0.29, 0.717) is 25.3 Å². The van der Waals surface area contributed by atoms with Gasteiger partial charge < -0.3 is 19.5 Å². The van der Waals surface area contributed by atoms with Crippen molar-refractivity contribution >= 4 is 0 Å². The Hall–Kier alpha value is -1.26. The highest BCUT2D eigenvalue weighted by atomic mass is 16.6. The van der Waals surface area contributed by atoms with Crippen LogP contribution >= 0.6 is 0 Å². The minimum absolute atomic E-state index is 0.305. The molecule has 1 fully saturated rings. The Morgan fingerprint density at radius 1 is 1.18 bits per heavy atom. The van der Waals surface area contributed by atoms with E-state index in [0.717, 1.165) is 24.7 Å². The predicted molar refractivity (Wildman–Crippen MR) is 63.6 cm³/mol. The molecule has 4 nitrogen and oxygen atoms in total. The number of hydrogen-bond acceptors (Lipinski definition) is 4. The second kappa shape index (κ2) is 4.55. The van der Waals surface area contributed by atoms with Crippen LogP contribution in [0.2, 0.25) is 0 Å². The average Bonchev–Trinajstić information content (AvgIpc) is 2.33. The highest BCUT2D eigenvalue weighted by Gasteiger charge is 2.21. The molecule has 0 bridgehead atoms. The molecule has 1 aromatic rings. The van der Waals surface area contributed by atoms with Crippen molar-refractivity contribution in [2.24, 2.45) is 0 Å². The van der Waals surface area contributed by atoms with Gasteiger partial charge in [0.15, 0.2) is 11.5 Å². The third-order valence-corrected chi connectivity index (χ3v) is 3.19. The van der Waals surface area contributed by atoms with Gasteiger partial charge in [-0.2, -0.15) is 0 Å². The Morgan fingerprint density at radius 2 is 1.94 bits per heavy atom. The summed E-state index contributed by atoms with van der Waals surface area (Å²) < 4.78 is 16.2. The molecule has 3 rings (SSSR count). The fourth-order valence-electron chi connectivity index (χ4n) is 2.11. The van der Waals surface area contributed by atoms with Crippen molar-refractivity contribution in [2.45, 2.75) is 19.0 Å². The first kappa shape index (κ1) is 10.9. The van der Waals surface area contributed by atoms with E-state index in [9.17, 15) is 0 Å². The van der Waals surface area contributed by atoms with E-state index in [2.05, 4.69) is 24.4 Å². The van der Waals surface area contributed by atoms with E-state index >= 15 is 0 Å². The van der Waals surface area contributed by atoms with Gasteiger partial charge in [0.05, 0.1) is 19.3 Å². The summed E-state index contributed by atoms with van der Waals surface area (Å²) in [6.45, 7) is 5.06. The Labute approximate surface area is 101 Å². The minimum atomic E-state index is 0.305. The smallest absolute Gasteiger partial charge is 0.161 e. The second-order valence-electron chi connectivity index (χ2n) is 4.53. The number of hydrogen-bond donors (Lipinski definition) is 1. The maximum Gasteiger partial charge on any atom is 0.161 e. The van der Waals surface area contributed by atoms with Crippen LogP contribution in [0.4, 0.5) is 0 Å². The van der Waals surface area contributed by atoms with Crippen molar-refractivity contribution < 1.29 is 14.2 Å². The Kier molecular flexibility index (Phi) is 2.91. The maximum absolute atomic E-state index is 5.58. The Bertz CT molecular complexity index is 404. The third kappa shape index (κ3) is 2.23. The molecule has 0 amide bonds. The van der Waals surface area contributed by atoms with Crippen LogP contribution in [0.25, 0.3) is 0 Å². The van der Waals surface area contributed by atoms with E-state index in [1.807, 2.05) is 6.07 Å². The van der Waals surface area contributed by atoms with Crippen LogP contribution < -0.4 is 14.8 Å². The van der Waals surface area contributed by atoms with Gasteiger partial charge >= 0.3 is 0 Å². The first-order valence-electron chi connectivity index (χ1n) is 6.06. The van der Waals surface area contributed by atoms with Crippen molar-refractivity contribution in [3.05, 3.63) is 23.8 Å². The summed E-state index contributed by atoms with van der Waals surface area (Å²) in [6.07, 6.45) is 0. The van der Waals surface area contributed by atoms with E-state index < -0.39 is 0 Å². The SMILES string of the molecule is CC(NC1COC1)c1ccc2c(c1)OCCO2. The molecule has 0 aromatic heterocycles. The van der Waals surface area contributed by atoms with Crippen LogP contribution in [0.5, 0.6) is 11.5 Å². The summed E-state index contributed by atoms with van der Waals surface area (Å²) in [7, 11) is 0. The summed E-state index contributed by atoms with van der Waals surface area (Å²) in [5, 5.41) is 3.52. The average molecular weight is 235 g/mol. The van der Waals surface area contributed by atoms with Gasteiger partial charge in [0.25, 0.3) is 0 Å². The van der Waals surface area contributed by atoms with Crippen molar-refractivity contribution in [1.82, 2.24) is 5.32 Å². The van der Waals surface area contributed by atoms with Gasteiger partial charge in [-0.3, -0.25) is 0 Å². The van der Waals surface area contributed by atoms with Crippen molar-refractivity contribution in [3.63, 3.8) is 0 Å². The number of fused-ring (bicyclic) bond motifs is 1. The zero-order valence-electron chi connectivity index (χ0n) is 9.94. The van der Waals surface area contributed by atoms with Gasteiger partial charge in [0.2, 0.25) is 0 Å². The molecule has 0 saturated carbocycles. The number of rotatable bonds is 3. The molecule has 4 heteroatoms. The van der Waals surface area contributed by atoms with Gasteiger partial charge in [0, 0.05) is 6.04 Å². The highest BCUT2D eigenvalue weighted by molar-refractivity contribution is 5.44. The maximum atomic E-state index is 5.58. The topological polar surface area (TPSA) is 39.7 Å². The molecule has 17 heavy (non-hydrogen) atoms. The molecule has 0 aliphatic carbocycles. The van der Waals surface area contributed by atoms with Crippen LogP contribution in [0.15, 0.2) is 18.2 Å². The van der Waals surface area contributed by atoms with Crippen molar-refractivity contribution in [3.8, 4) is 11.5 Å². The fraction of sp³-hybridized carbons (Fsp3) is 0.538. The molecule has 2 aliphatic heterocycles. The molecular formula is C13H17NO3. The normalized spacial score (nSPS) is 20.8. The number of benzene rings is 1. The van der Waals surface area contributed by atoms with Crippen LogP contribution in [-0.4, -0.2) is 32.5 Å². The third-order valence-electron chi connectivity index (χ3n) is 3.19. The molecule has 1 unspecified atom stereocenters. The number of nitrogens with one attached hydrogen (secondary N) is 1. The molecule has 0 spiro atoms. The van der Waals surface area contributed by atoms with Gasteiger partial charge in [-0.05, 0) is 24.6 Å². The summed E-state index contributed by atoms with van der Waals surface area (Å²) in [4.78, 5) is 0. The molecule has 2 heterocycles. The second-order valence-corrected chi connectivity index (χ2v) is 4.53. The first-order chi connectivity index (χ1) is 8.33. The molecule has 1 saturated heterocycles. The van der Waals surface area contributed by atoms with Crippen molar-refractivity contribution in [2.75, 3.05) is 26.4 Å². The van der Waals surface area contributed by atoms with E-state index in [4.69, 9.17) is 14.2 Å². The molecule has 92 valence electrons. The summed E-state index contributed by atoms with van der Waals surface area (Å²) >= 11 is 0. The monoisotopic (exact) mass is 235 g/mol. The van der Waals surface area contributed by atoms with Crippen molar-refractivity contribution in [1.29, 1.82) is 0 Å². The summed E-state index contributed by atoms with van der Waals surface area (Å²) in [5.74, 6) is 1.70. The quantitative estimate of drug-likeness (QED) is 0.862. The Morgan fingerprint density at radius 3 is 2.65 bits per heavy atom. The highest BCUT2D eigenvalue weighted by Crippen LogP contribution is 2.32. The zero-order chi connectivity index (χ0) is 11.7. The van der Waals surface area contributed by atoms with Gasteiger partial charge in [-0.25, -0.2) is 0 Å². The minimum Gasteiger partial charge on any atom is -0.486 e. The molecule has 2 aliphatic rings. The van der Waals surface area contributed by atoms with Crippen LogP contribution in [0.3, 0.4) is 0 Å². The predicted octanol–water partition coefficient (Wildman–Crippen LogP) is 1.51. The zero-order valence-corrected chi connectivity index (χ0v) is 9.94. The van der Waals surface area contributed by atoms with Gasteiger partial charge in [-0.15, -0.1) is 0 Å². The Balaban J connectivity index is 1.73. The lowest BCUT2D eigenvalue weighted by Gasteiger charge is -2.30. The largest absolute Gasteiger partial charge is 0.486 e. The molecule has 1 aromatic carbocycles.